The Hall–Kier alpha value is -1.27. The van der Waals surface area contributed by atoms with Gasteiger partial charge in [0.2, 0.25) is 0 Å². The molecule has 0 aliphatic carbocycles. The first-order chi connectivity index (χ1) is 11.7. The van der Waals surface area contributed by atoms with Gasteiger partial charge in [0.05, 0.1) is 0 Å². The molecular weight excluding hydrogens is 321 g/mol. The lowest BCUT2D eigenvalue weighted by molar-refractivity contribution is 0.153. The summed E-state index contributed by atoms with van der Waals surface area (Å²) in [6.45, 7) is 7.66. The molecule has 0 spiro atoms. The van der Waals surface area contributed by atoms with Crippen LogP contribution in [0.5, 0.6) is 0 Å². The summed E-state index contributed by atoms with van der Waals surface area (Å²) in [6.07, 6.45) is 1.16. The van der Waals surface area contributed by atoms with Crippen molar-refractivity contribution in [1.82, 2.24) is 15.1 Å². The summed E-state index contributed by atoms with van der Waals surface area (Å²) in [5.41, 5.74) is 1.85. The van der Waals surface area contributed by atoms with Crippen molar-refractivity contribution in [2.24, 2.45) is 0 Å². The predicted molar refractivity (Wildman–Crippen MR) is 100.0 cm³/mol. The van der Waals surface area contributed by atoms with Gasteiger partial charge in [0.1, 0.15) is 5.82 Å². The molecule has 0 amide bonds. The van der Waals surface area contributed by atoms with Gasteiger partial charge in [-0.25, -0.2) is 4.39 Å². The van der Waals surface area contributed by atoms with Gasteiger partial charge in [0.25, 0.3) is 0 Å². The zero-order chi connectivity index (χ0) is 16.8. The number of likely N-dealkylation sites (N-methyl/N-ethyl adjacent to an activating group) is 1. The van der Waals surface area contributed by atoms with Gasteiger partial charge in [-0.1, -0.05) is 12.1 Å². The molecule has 130 valence electrons. The second-order valence-corrected chi connectivity index (χ2v) is 7.41. The maximum atomic E-state index is 14.0. The number of halogens is 1. The Morgan fingerprint density at radius 1 is 1.17 bits per heavy atom. The molecule has 3 rings (SSSR count). The fourth-order valence-corrected chi connectivity index (χ4v) is 3.78. The molecule has 1 aromatic heterocycles. The Bertz CT molecular complexity index is 622. The van der Waals surface area contributed by atoms with Gasteiger partial charge in [-0.3, -0.25) is 0 Å². The first kappa shape index (κ1) is 17.5. The van der Waals surface area contributed by atoms with Crippen molar-refractivity contribution in [2.45, 2.75) is 13.0 Å². The summed E-state index contributed by atoms with van der Waals surface area (Å²) >= 11 is 1.58. The lowest BCUT2D eigenvalue weighted by Crippen LogP contribution is -2.45. The van der Waals surface area contributed by atoms with Crippen molar-refractivity contribution in [1.29, 1.82) is 0 Å². The highest BCUT2D eigenvalue weighted by molar-refractivity contribution is 7.13. The molecule has 0 atom stereocenters. The van der Waals surface area contributed by atoms with Crippen LogP contribution in [0.15, 0.2) is 35.7 Å². The van der Waals surface area contributed by atoms with Crippen LogP contribution in [0.1, 0.15) is 12.0 Å². The van der Waals surface area contributed by atoms with Crippen molar-refractivity contribution in [3.8, 4) is 10.4 Å². The molecule has 24 heavy (non-hydrogen) atoms. The second-order valence-electron chi connectivity index (χ2n) is 6.47. The van der Waals surface area contributed by atoms with Gasteiger partial charge in [-0.2, -0.15) is 0 Å². The fourth-order valence-electron chi connectivity index (χ4n) is 3.03. The van der Waals surface area contributed by atoms with E-state index >= 15 is 0 Å². The molecule has 1 aliphatic rings. The number of benzene rings is 1. The smallest absolute Gasteiger partial charge is 0.131 e. The largest absolute Gasteiger partial charge is 0.313 e. The minimum atomic E-state index is -0.142. The Kier molecular flexibility index (Phi) is 6.37. The molecular formula is C19H26FN3S. The quantitative estimate of drug-likeness (QED) is 0.776. The molecule has 3 nitrogen and oxygen atoms in total. The Morgan fingerprint density at radius 3 is 2.75 bits per heavy atom. The van der Waals surface area contributed by atoms with Crippen LogP contribution in [-0.4, -0.2) is 56.1 Å². The number of nitrogens with one attached hydrogen (secondary N) is 1. The highest BCUT2D eigenvalue weighted by Crippen LogP contribution is 2.28. The summed E-state index contributed by atoms with van der Waals surface area (Å²) in [5.74, 6) is -0.142. The van der Waals surface area contributed by atoms with E-state index in [-0.39, 0.29) is 5.82 Å². The van der Waals surface area contributed by atoms with E-state index in [2.05, 4.69) is 22.2 Å². The standard InChI is InChI=1S/C19H26FN3S/c1-22-9-11-23(12-10-22)8-3-7-21-15-16-5-6-18(20)17(14-16)19-4-2-13-24-19/h2,4-6,13-14,21H,3,7-12,15H2,1H3. The predicted octanol–water partition coefficient (Wildman–Crippen LogP) is 3.28. The average Bonchev–Trinajstić information content (AvgIpc) is 3.12. The molecule has 1 saturated heterocycles. The van der Waals surface area contributed by atoms with Crippen LogP contribution >= 0.6 is 11.3 Å². The van der Waals surface area contributed by atoms with Crippen molar-refractivity contribution >= 4 is 11.3 Å². The lowest BCUT2D eigenvalue weighted by Gasteiger charge is -2.32. The van der Waals surface area contributed by atoms with Crippen LogP contribution in [0, 0.1) is 5.82 Å². The number of thiophene rings is 1. The Labute approximate surface area is 148 Å². The third kappa shape index (κ3) is 4.86. The topological polar surface area (TPSA) is 18.5 Å². The third-order valence-corrected chi connectivity index (χ3v) is 5.47. The zero-order valence-corrected chi connectivity index (χ0v) is 15.1. The van der Waals surface area contributed by atoms with E-state index in [0.29, 0.717) is 5.56 Å². The van der Waals surface area contributed by atoms with E-state index in [9.17, 15) is 4.39 Å². The molecule has 0 bridgehead atoms. The van der Waals surface area contributed by atoms with Gasteiger partial charge in [0.15, 0.2) is 0 Å². The number of rotatable bonds is 7. The van der Waals surface area contributed by atoms with E-state index in [1.165, 1.54) is 26.2 Å². The highest BCUT2D eigenvalue weighted by Gasteiger charge is 2.12. The van der Waals surface area contributed by atoms with Crippen molar-refractivity contribution in [3.05, 3.63) is 47.1 Å². The normalized spacial score (nSPS) is 16.6. The fraction of sp³-hybridized carbons (Fsp3) is 0.474. The zero-order valence-electron chi connectivity index (χ0n) is 14.3. The van der Waals surface area contributed by atoms with E-state index in [1.54, 1.807) is 17.4 Å². The maximum Gasteiger partial charge on any atom is 0.131 e. The molecule has 1 aromatic carbocycles. The van der Waals surface area contributed by atoms with Gasteiger partial charge in [0, 0.05) is 43.2 Å². The maximum absolute atomic E-state index is 14.0. The third-order valence-electron chi connectivity index (χ3n) is 4.57. The van der Waals surface area contributed by atoms with Crippen molar-refractivity contribution in [3.63, 3.8) is 0 Å². The van der Waals surface area contributed by atoms with Crippen LogP contribution in [0.25, 0.3) is 10.4 Å². The van der Waals surface area contributed by atoms with Crippen LogP contribution in [0.2, 0.25) is 0 Å². The molecule has 0 unspecified atom stereocenters. The number of piperazine rings is 1. The van der Waals surface area contributed by atoms with Crippen LogP contribution in [0.4, 0.5) is 4.39 Å². The second kappa shape index (κ2) is 8.72. The lowest BCUT2D eigenvalue weighted by atomic mass is 10.1. The molecule has 2 aromatic rings. The molecule has 0 radical (unpaired) electrons. The molecule has 2 heterocycles. The summed E-state index contributed by atoms with van der Waals surface area (Å²) < 4.78 is 14.0. The number of nitrogens with zero attached hydrogens (tertiary/aromatic N) is 2. The number of hydrogen-bond acceptors (Lipinski definition) is 4. The molecule has 1 N–H and O–H groups in total. The van der Waals surface area contributed by atoms with Gasteiger partial charge < -0.3 is 15.1 Å². The first-order valence-electron chi connectivity index (χ1n) is 8.66. The average molecular weight is 348 g/mol. The molecule has 5 heteroatoms. The van der Waals surface area contributed by atoms with Crippen molar-refractivity contribution < 1.29 is 4.39 Å². The van der Waals surface area contributed by atoms with Gasteiger partial charge in [-0.15, -0.1) is 11.3 Å². The van der Waals surface area contributed by atoms with E-state index < -0.39 is 0 Å². The highest BCUT2D eigenvalue weighted by atomic mass is 32.1. The number of hydrogen-bond donors (Lipinski definition) is 1. The van der Waals surface area contributed by atoms with Crippen LogP contribution in [-0.2, 0) is 6.54 Å². The van der Waals surface area contributed by atoms with E-state index in [4.69, 9.17) is 0 Å². The summed E-state index contributed by atoms with van der Waals surface area (Å²) in [4.78, 5) is 5.91. The molecule has 1 fully saturated rings. The summed E-state index contributed by atoms with van der Waals surface area (Å²) in [5, 5.41) is 5.47. The van der Waals surface area contributed by atoms with Gasteiger partial charge >= 0.3 is 0 Å². The SMILES string of the molecule is CN1CCN(CCCNCc2ccc(F)c(-c3cccs3)c2)CC1. The Balaban J connectivity index is 1.41. The van der Waals surface area contributed by atoms with Crippen LogP contribution < -0.4 is 5.32 Å². The first-order valence-corrected chi connectivity index (χ1v) is 9.54. The van der Waals surface area contributed by atoms with Crippen LogP contribution in [0.3, 0.4) is 0 Å². The summed E-state index contributed by atoms with van der Waals surface area (Å²) in [6, 6.07) is 9.35. The van der Waals surface area contributed by atoms with Crippen molar-refractivity contribution in [2.75, 3.05) is 46.3 Å². The van der Waals surface area contributed by atoms with E-state index in [0.717, 1.165) is 36.5 Å². The monoisotopic (exact) mass is 347 g/mol. The molecule has 1 aliphatic heterocycles. The van der Waals surface area contributed by atoms with E-state index in [1.807, 2.05) is 29.6 Å². The molecule has 0 saturated carbocycles. The van der Waals surface area contributed by atoms with Gasteiger partial charge in [-0.05, 0) is 55.7 Å². The summed E-state index contributed by atoms with van der Waals surface area (Å²) in [7, 11) is 2.19. The minimum Gasteiger partial charge on any atom is -0.313 e. The Morgan fingerprint density at radius 2 is 2.00 bits per heavy atom. The minimum absolute atomic E-state index is 0.142.